The van der Waals surface area contributed by atoms with E-state index >= 15 is 0 Å². The van der Waals surface area contributed by atoms with Crippen molar-refractivity contribution in [2.45, 2.75) is 30.7 Å². The molecule has 0 aromatic heterocycles. The summed E-state index contributed by atoms with van der Waals surface area (Å²) in [4.78, 5) is 11.4. The summed E-state index contributed by atoms with van der Waals surface area (Å²) in [7, 11) is -3.88. The predicted octanol–water partition coefficient (Wildman–Crippen LogP) is 1.45. The molecule has 0 bridgehead atoms. The minimum Gasteiger partial charge on any atom is -0.462 e. The van der Waals surface area contributed by atoms with Crippen LogP contribution in [0.5, 0.6) is 0 Å². The molecule has 2 N–H and O–H groups in total. The first-order valence-corrected chi connectivity index (χ1v) is 8.61. The molecule has 1 saturated heterocycles. The third-order valence-electron chi connectivity index (χ3n) is 3.35. The van der Waals surface area contributed by atoms with Crippen LogP contribution in [0.15, 0.2) is 23.1 Å². The Hall–Kier alpha value is -1.22. The SMILES string of the molecule is CCOC(=O)c1cc(F)cc(S(=O)(=O)NC2CCNCC2)c1.Cl. The first-order chi connectivity index (χ1) is 10.4. The highest BCUT2D eigenvalue weighted by Gasteiger charge is 2.23. The number of piperidine rings is 1. The Kier molecular flexibility index (Phi) is 7.40. The molecule has 0 aliphatic carbocycles. The Morgan fingerprint density at radius 1 is 1.35 bits per heavy atom. The van der Waals surface area contributed by atoms with E-state index in [4.69, 9.17) is 4.74 Å². The number of ether oxygens (including phenoxy) is 1. The normalized spacial score (nSPS) is 15.7. The summed E-state index contributed by atoms with van der Waals surface area (Å²) in [6.07, 6.45) is 1.33. The van der Waals surface area contributed by atoms with Crippen LogP contribution in [-0.2, 0) is 14.8 Å². The second-order valence-electron chi connectivity index (χ2n) is 5.04. The number of rotatable bonds is 5. The summed E-state index contributed by atoms with van der Waals surface area (Å²) in [6, 6.07) is 2.79. The zero-order chi connectivity index (χ0) is 16.2. The smallest absolute Gasteiger partial charge is 0.338 e. The molecule has 0 amide bonds. The van der Waals surface area contributed by atoms with Crippen molar-refractivity contribution < 1.29 is 22.3 Å². The van der Waals surface area contributed by atoms with E-state index in [9.17, 15) is 17.6 Å². The summed E-state index contributed by atoms with van der Waals surface area (Å²) in [5, 5.41) is 3.13. The topological polar surface area (TPSA) is 84.5 Å². The highest BCUT2D eigenvalue weighted by atomic mass is 35.5. The van der Waals surface area contributed by atoms with Gasteiger partial charge in [-0.3, -0.25) is 0 Å². The standard InChI is InChI=1S/C14H19FN2O4S.ClH/c1-2-21-14(18)10-7-11(15)9-13(8-10)22(19,20)17-12-3-5-16-6-4-12;/h7-9,12,16-17H,2-6H2,1H3;1H. The van der Waals surface area contributed by atoms with Crippen molar-refractivity contribution >= 4 is 28.4 Å². The fraction of sp³-hybridized carbons (Fsp3) is 0.500. The van der Waals surface area contributed by atoms with E-state index in [0.717, 1.165) is 31.3 Å². The number of hydrogen-bond acceptors (Lipinski definition) is 5. The minimum atomic E-state index is -3.88. The molecule has 0 radical (unpaired) electrons. The molecule has 9 heteroatoms. The molecule has 1 heterocycles. The summed E-state index contributed by atoms with van der Waals surface area (Å²) in [5.74, 6) is -1.54. The highest BCUT2D eigenvalue weighted by molar-refractivity contribution is 7.89. The highest BCUT2D eigenvalue weighted by Crippen LogP contribution is 2.17. The molecule has 0 atom stereocenters. The fourth-order valence-electron chi connectivity index (χ4n) is 2.28. The second kappa shape index (κ2) is 8.58. The average Bonchev–Trinajstić information content (AvgIpc) is 2.47. The van der Waals surface area contributed by atoms with Gasteiger partial charge in [0, 0.05) is 6.04 Å². The van der Waals surface area contributed by atoms with Gasteiger partial charge in [0.25, 0.3) is 0 Å². The zero-order valence-corrected chi connectivity index (χ0v) is 14.3. The molecule has 23 heavy (non-hydrogen) atoms. The van der Waals surface area contributed by atoms with Crippen LogP contribution in [0, 0.1) is 5.82 Å². The summed E-state index contributed by atoms with van der Waals surface area (Å²) in [6.45, 7) is 3.20. The molecule has 0 spiro atoms. The number of halogens is 2. The maximum Gasteiger partial charge on any atom is 0.338 e. The summed E-state index contributed by atoms with van der Waals surface area (Å²) < 4.78 is 45.6. The van der Waals surface area contributed by atoms with Crippen molar-refractivity contribution in [3.8, 4) is 0 Å². The van der Waals surface area contributed by atoms with E-state index in [1.54, 1.807) is 6.92 Å². The van der Waals surface area contributed by atoms with Gasteiger partial charge in [0.1, 0.15) is 5.82 Å². The molecule has 6 nitrogen and oxygen atoms in total. The van der Waals surface area contributed by atoms with Gasteiger partial charge in [-0.2, -0.15) is 0 Å². The first kappa shape index (κ1) is 19.8. The van der Waals surface area contributed by atoms with E-state index in [-0.39, 0.29) is 35.5 Å². The van der Waals surface area contributed by atoms with Crippen LogP contribution < -0.4 is 10.0 Å². The van der Waals surface area contributed by atoms with Gasteiger partial charge < -0.3 is 10.1 Å². The zero-order valence-electron chi connectivity index (χ0n) is 12.7. The second-order valence-corrected chi connectivity index (χ2v) is 6.76. The molecule has 0 saturated carbocycles. The van der Waals surface area contributed by atoms with Gasteiger partial charge in [-0.1, -0.05) is 0 Å². The lowest BCUT2D eigenvalue weighted by Crippen LogP contribution is -2.42. The van der Waals surface area contributed by atoms with Gasteiger partial charge in [-0.25, -0.2) is 22.3 Å². The molecule has 2 rings (SSSR count). The molecule has 1 fully saturated rings. The quantitative estimate of drug-likeness (QED) is 0.770. The maximum absolute atomic E-state index is 13.6. The number of carbonyl (C=O) groups is 1. The van der Waals surface area contributed by atoms with Crippen LogP contribution in [0.3, 0.4) is 0 Å². The number of carbonyl (C=O) groups excluding carboxylic acids is 1. The van der Waals surface area contributed by atoms with Crippen LogP contribution in [-0.4, -0.2) is 40.1 Å². The molecule has 130 valence electrons. The Morgan fingerprint density at radius 3 is 2.61 bits per heavy atom. The molecule has 0 unspecified atom stereocenters. The van der Waals surface area contributed by atoms with Crippen LogP contribution in [0.4, 0.5) is 4.39 Å². The molecule has 1 aliphatic heterocycles. The van der Waals surface area contributed by atoms with Crippen LogP contribution in [0.25, 0.3) is 0 Å². The van der Waals surface area contributed by atoms with E-state index in [0.29, 0.717) is 12.8 Å². The van der Waals surface area contributed by atoms with Gasteiger partial charge in [0.15, 0.2) is 0 Å². The minimum absolute atomic E-state index is 0. The third-order valence-corrected chi connectivity index (χ3v) is 4.85. The lowest BCUT2D eigenvalue weighted by molar-refractivity contribution is 0.0525. The van der Waals surface area contributed by atoms with Gasteiger partial charge in [-0.05, 0) is 51.1 Å². The van der Waals surface area contributed by atoms with E-state index < -0.39 is 21.8 Å². The Morgan fingerprint density at radius 2 is 2.00 bits per heavy atom. The van der Waals surface area contributed by atoms with Crippen molar-refractivity contribution in [3.63, 3.8) is 0 Å². The Balaban J connectivity index is 0.00000264. The van der Waals surface area contributed by atoms with E-state index in [2.05, 4.69) is 10.0 Å². The fourth-order valence-corrected chi connectivity index (χ4v) is 3.64. The molecule has 1 aliphatic rings. The van der Waals surface area contributed by atoms with Crippen molar-refractivity contribution in [2.24, 2.45) is 0 Å². The van der Waals surface area contributed by atoms with Gasteiger partial charge in [-0.15, -0.1) is 12.4 Å². The number of esters is 1. The van der Waals surface area contributed by atoms with Gasteiger partial charge in [0.2, 0.25) is 10.0 Å². The van der Waals surface area contributed by atoms with Crippen LogP contribution in [0.1, 0.15) is 30.1 Å². The van der Waals surface area contributed by atoms with Crippen molar-refractivity contribution in [1.82, 2.24) is 10.0 Å². The molecule has 1 aromatic carbocycles. The average molecular weight is 367 g/mol. The van der Waals surface area contributed by atoms with Crippen molar-refractivity contribution in [1.29, 1.82) is 0 Å². The van der Waals surface area contributed by atoms with Gasteiger partial charge >= 0.3 is 5.97 Å². The van der Waals surface area contributed by atoms with Crippen molar-refractivity contribution in [3.05, 3.63) is 29.6 Å². The number of benzene rings is 1. The largest absolute Gasteiger partial charge is 0.462 e. The van der Waals surface area contributed by atoms with Gasteiger partial charge in [0.05, 0.1) is 17.1 Å². The van der Waals surface area contributed by atoms with Crippen molar-refractivity contribution in [2.75, 3.05) is 19.7 Å². The van der Waals surface area contributed by atoms with Crippen LogP contribution >= 0.6 is 12.4 Å². The Labute approximate surface area is 141 Å². The molecular formula is C14H20ClFN2O4S. The summed E-state index contributed by atoms with van der Waals surface area (Å²) >= 11 is 0. The number of sulfonamides is 1. The predicted molar refractivity (Wildman–Crippen MR) is 85.8 cm³/mol. The lowest BCUT2D eigenvalue weighted by Gasteiger charge is -2.23. The molecular weight excluding hydrogens is 347 g/mol. The number of nitrogens with one attached hydrogen (secondary N) is 2. The van der Waals surface area contributed by atoms with E-state index in [1.807, 2.05) is 0 Å². The molecule has 1 aromatic rings. The maximum atomic E-state index is 13.6. The third kappa shape index (κ3) is 5.42. The summed E-state index contributed by atoms with van der Waals surface area (Å²) in [5.41, 5.74) is -0.118. The number of hydrogen-bond donors (Lipinski definition) is 2. The first-order valence-electron chi connectivity index (χ1n) is 7.13. The Bertz CT molecular complexity index is 648. The van der Waals surface area contributed by atoms with E-state index in [1.165, 1.54) is 0 Å². The van der Waals surface area contributed by atoms with Crippen LogP contribution in [0.2, 0.25) is 0 Å². The monoisotopic (exact) mass is 366 g/mol. The lowest BCUT2D eigenvalue weighted by atomic mass is 10.1.